The van der Waals surface area contributed by atoms with Crippen LogP contribution in [0.1, 0.15) is 11.1 Å². The summed E-state index contributed by atoms with van der Waals surface area (Å²) < 4.78 is 0.657. The van der Waals surface area contributed by atoms with Crippen LogP contribution in [0.5, 0.6) is 0 Å². The van der Waals surface area contributed by atoms with Gasteiger partial charge in [-0.1, -0.05) is 40.8 Å². The smallest absolute Gasteiger partial charge is 0.321 e. The molecule has 0 fully saturated rings. The predicted octanol–water partition coefficient (Wildman–Crippen LogP) is 2.45. The lowest BCUT2D eigenvalue weighted by atomic mass is 10.1. The van der Waals surface area contributed by atoms with Gasteiger partial charge in [0.15, 0.2) is 4.34 Å². The zero-order chi connectivity index (χ0) is 16.8. The fraction of sp³-hybridized carbons (Fsp3) is 0.286. The van der Waals surface area contributed by atoms with E-state index in [9.17, 15) is 9.59 Å². The van der Waals surface area contributed by atoms with Crippen molar-refractivity contribution in [3.05, 3.63) is 29.3 Å². The molecule has 0 aliphatic carbocycles. The number of thioether (sulfide) groups is 1. The number of urea groups is 1. The van der Waals surface area contributed by atoms with Crippen LogP contribution in [0.4, 0.5) is 15.6 Å². The number of hydrogen-bond acceptors (Lipinski definition) is 7. The summed E-state index contributed by atoms with van der Waals surface area (Å²) in [6.45, 7) is 4.06. The van der Waals surface area contributed by atoms with Gasteiger partial charge in [-0.3, -0.25) is 10.1 Å². The average molecular weight is 351 g/mol. The van der Waals surface area contributed by atoms with Crippen LogP contribution in [-0.4, -0.2) is 34.9 Å². The summed E-state index contributed by atoms with van der Waals surface area (Å²) in [7, 11) is 1.45. The lowest BCUT2D eigenvalue weighted by Crippen LogP contribution is -2.38. The highest BCUT2D eigenvalue weighted by Gasteiger charge is 2.10. The fourth-order valence-electron chi connectivity index (χ4n) is 1.74. The minimum atomic E-state index is -0.523. The van der Waals surface area contributed by atoms with Crippen LogP contribution >= 0.6 is 23.1 Å². The summed E-state index contributed by atoms with van der Waals surface area (Å²) in [5.74, 6) is -0.278. The SMILES string of the molecule is CNC(=O)NC(=O)CSc1nnc(Nc2ccc(C)cc2C)s1. The molecular weight excluding hydrogens is 334 g/mol. The second-order valence-electron chi connectivity index (χ2n) is 4.73. The summed E-state index contributed by atoms with van der Waals surface area (Å²) in [4.78, 5) is 22.5. The molecule has 1 aromatic carbocycles. The second kappa shape index (κ2) is 7.93. The topological polar surface area (TPSA) is 96.0 Å². The average Bonchev–Trinajstić information content (AvgIpc) is 2.95. The van der Waals surface area contributed by atoms with Crippen molar-refractivity contribution >= 4 is 45.9 Å². The molecule has 0 unspecified atom stereocenters. The van der Waals surface area contributed by atoms with Gasteiger partial charge in [-0.15, -0.1) is 10.2 Å². The highest BCUT2D eigenvalue weighted by Crippen LogP contribution is 2.28. The molecule has 3 amide bonds. The molecule has 9 heteroatoms. The Balaban J connectivity index is 1.90. The zero-order valence-corrected chi connectivity index (χ0v) is 14.6. The van der Waals surface area contributed by atoms with Crippen LogP contribution in [-0.2, 0) is 4.79 Å². The third-order valence-electron chi connectivity index (χ3n) is 2.84. The number of carbonyl (C=O) groups is 2. The van der Waals surface area contributed by atoms with E-state index >= 15 is 0 Å². The molecule has 7 nitrogen and oxygen atoms in total. The summed E-state index contributed by atoms with van der Waals surface area (Å²) in [5, 5.41) is 16.5. The van der Waals surface area contributed by atoms with E-state index in [0.717, 1.165) is 11.3 Å². The number of benzene rings is 1. The van der Waals surface area contributed by atoms with Crippen molar-refractivity contribution in [3.8, 4) is 0 Å². The molecule has 0 bridgehead atoms. The normalized spacial score (nSPS) is 10.2. The van der Waals surface area contributed by atoms with Crippen LogP contribution in [0.2, 0.25) is 0 Å². The van der Waals surface area contributed by atoms with Crippen molar-refractivity contribution in [3.63, 3.8) is 0 Å². The van der Waals surface area contributed by atoms with E-state index in [1.54, 1.807) is 0 Å². The minimum absolute atomic E-state index is 0.103. The minimum Gasteiger partial charge on any atom is -0.341 e. The largest absolute Gasteiger partial charge is 0.341 e. The molecule has 0 saturated heterocycles. The molecule has 0 saturated carbocycles. The Morgan fingerprint density at radius 3 is 2.74 bits per heavy atom. The summed E-state index contributed by atoms with van der Waals surface area (Å²) in [6.07, 6.45) is 0. The van der Waals surface area contributed by atoms with Crippen molar-refractivity contribution in [2.75, 3.05) is 18.1 Å². The Kier molecular flexibility index (Phi) is 5.94. The van der Waals surface area contributed by atoms with E-state index in [2.05, 4.69) is 32.2 Å². The van der Waals surface area contributed by atoms with Gasteiger partial charge >= 0.3 is 6.03 Å². The van der Waals surface area contributed by atoms with E-state index in [0.29, 0.717) is 9.47 Å². The quantitative estimate of drug-likeness (QED) is 0.716. The molecule has 0 aliphatic heterocycles. The number of aromatic nitrogens is 2. The number of rotatable bonds is 5. The van der Waals surface area contributed by atoms with Gasteiger partial charge in [0.1, 0.15) is 0 Å². The monoisotopic (exact) mass is 351 g/mol. The third kappa shape index (κ3) is 5.22. The van der Waals surface area contributed by atoms with E-state index in [1.165, 1.54) is 35.7 Å². The first-order chi connectivity index (χ1) is 11.0. The summed E-state index contributed by atoms with van der Waals surface area (Å²) >= 11 is 2.59. The number of anilines is 2. The molecule has 3 N–H and O–H groups in total. The lowest BCUT2D eigenvalue weighted by molar-refractivity contribution is -0.117. The van der Waals surface area contributed by atoms with E-state index in [4.69, 9.17) is 0 Å². The highest BCUT2D eigenvalue weighted by atomic mass is 32.2. The van der Waals surface area contributed by atoms with Gasteiger partial charge < -0.3 is 10.6 Å². The molecule has 2 aromatic rings. The van der Waals surface area contributed by atoms with E-state index in [1.807, 2.05) is 26.0 Å². The number of imide groups is 1. The molecule has 0 aliphatic rings. The van der Waals surface area contributed by atoms with Crippen molar-refractivity contribution in [1.29, 1.82) is 0 Å². The second-order valence-corrected chi connectivity index (χ2v) is 6.93. The van der Waals surface area contributed by atoms with Crippen molar-refractivity contribution in [2.45, 2.75) is 18.2 Å². The molecule has 0 spiro atoms. The van der Waals surface area contributed by atoms with Crippen LogP contribution < -0.4 is 16.0 Å². The number of hydrogen-bond donors (Lipinski definition) is 3. The highest BCUT2D eigenvalue weighted by molar-refractivity contribution is 8.01. The van der Waals surface area contributed by atoms with Gasteiger partial charge in [0.25, 0.3) is 0 Å². The maximum absolute atomic E-state index is 11.5. The Morgan fingerprint density at radius 2 is 2.04 bits per heavy atom. The molecule has 0 radical (unpaired) electrons. The number of amides is 3. The zero-order valence-electron chi connectivity index (χ0n) is 13.0. The first-order valence-electron chi connectivity index (χ1n) is 6.80. The molecule has 122 valence electrons. The lowest BCUT2D eigenvalue weighted by Gasteiger charge is -2.06. The molecule has 1 heterocycles. The Labute approximate surface area is 142 Å². The van der Waals surface area contributed by atoms with Crippen LogP contribution in [0.15, 0.2) is 22.5 Å². The number of nitrogens with zero attached hydrogens (tertiary/aromatic N) is 2. The fourth-order valence-corrected chi connectivity index (χ4v) is 3.30. The van der Waals surface area contributed by atoms with Crippen LogP contribution in [0.25, 0.3) is 0 Å². The van der Waals surface area contributed by atoms with Gasteiger partial charge in [0.05, 0.1) is 5.75 Å². The first-order valence-corrected chi connectivity index (χ1v) is 8.60. The van der Waals surface area contributed by atoms with Crippen molar-refractivity contribution in [1.82, 2.24) is 20.8 Å². The van der Waals surface area contributed by atoms with Crippen molar-refractivity contribution < 1.29 is 9.59 Å². The van der Waals surface area contributed by atoms with Crippen molar-refractivity contribution in [2.24, 2.45) is 0 Å². The number of carbonyl (C=O) groups excluding carboxylic acids is 2. The third-order valence-corrected chi connectivity index (χ3v) is 4.81. The Morgan fingerprint density at radius 1 is 1.26 bits per heavy atom. The standard InChI is InChI=1S/C14H17N5O2S2/c1-8-4-5-10(9(2)6-8)16-13-18-19-14(23-13)22-7-11(20)17-12(21)15-3/h4-6H,7H2,1-3H3,(H,16,18)(H2,15,17,20,21). The van der Waals surface area contributed by atoms with Gasteiger partial charge in [-0.05, 0) is 25.5 Å². The van der Waals surface area contributed by atoms with E-state index < -0.39 is 6.03 Å². The first kappa shape index (κ1) is 17.2. The Bertz CT molecular complexity index is 717. The molecule has 2 rings (SSSR count). The molecule has 23 heavy (non-hydrogen) atoms. The van der Waals surface area contributed by atoms with Gasteiger partial charge in [-0.25, -0.2) is 4.79 Å². The predicted molar refractivity (Wildman–Crippen MR) is 92.4 cm³/mol. The maximum Gasteiger partial charge on any atom is 0.321 e. The number of aryl methyl sites for hydroxylation is 2. The van der Waals surface area contributed by atoms with Gasteiger partial charge in [-0.2, -0.15) is 0 Å². The number of nitrogens with one attached hydrogen (secondary N) is 3. The summed E-state index contributed by atoms with van der Waals surface area (Å²) in [5.41, 5.74) is 3.30. The molecule has 1 aromatic heterocycles. The van der Waals surface area contributed by atoms with Crippen LogP contribution in [0, 0.1) is 13.8 Å². The van der Waals surface area contributed by atoms with Gasteiger partial charge in [0, 0.05) is 12.7 Å². The maximum atomic E-state index is 11.5. The molecular formula is C14H17N5O2S2. The Hall–Kier alpha value is -2.13. The van der Waals surface area contributed by atoms with E-state index in [-0.39, 0.29) is 11.7 Å². The van der Waals surface area contributed by atoms with Gasteiger partial charge in [0.2, 0.25) is 11.0 Å². The van der Waals surface area contributed by atoms with Crippen LogP contribution in [0.3, 0.4) is 0 Å². The summed E-state index contributed by atoms with van der Waals surface area (Å²) in [6, 6.07) is 5.58. The molecule has 0 atom stereocenters.